The van der Waals surface area contributed by atoms with E-state index in [0.29, 0.717) is 47.2 Å². The summed E-state index contributed by atoms with van der Waals surface area (Å²) >= 11 is 7.23. The van der Waals surface area contributed by atoms with Crippen molar-refractivity contribution >= 4 is 40.4 Å². The Hall–Kier alpha value is -4.98. The van der Waals surface area contributed by atoms with Crippen LogP contribution in [0.5, 0.6) is 0 Å². The Bertz CT molecular complexity index is 2240. The Morgan fingerprint density at radius 1 is 1.07 bits per heavy atom. The molecule has 2 aliphatic heterocycles. The van der Waals surface area contributed by atoms with Crippen molar-refractivity contribution in [1.82, 2.24) is 24.5 Å². The van der Waals surface area contributed by atoms with Crippen molar-refractivity contribution in [3.8, 4) is 22.4 Å². The van der Waals surface area contributed by atoms with Crippen molar-refractivity contribution < 1.29 is 33.3 Å². The molecule has 0 radical (unpaired) electrons. The molecule has 14 heteroatoms. The van der Waals surface area contributed by atoms with Gasteiger partial charge in [0.25, 0.3) is 0 Å². The van der Waals surface area contributed by atoms with E-state index < -0.39 is 18.0 Å². The predicted octanol–water partition coefficient (Wildman–Crippen LogP) is 8.78. The zero-order valence-corrected chi connectivity index (χ0v) is 31.9. The molecule has 55 heavy (non-hydrogen) atoms. The lowest BCUT2D eigenvalue weighted by Gasteiger charge is -2.58. The van der Waals surface area contributed by atoms with Gasteiger partial charge in [-0.3, -0.25) is 9.58 Å². The predicted molar refractivity (Wildman–Crippen MR) is 206 cm³/mol. The molecule has 1 atom stereocenters. The Balaban J connectivity index is 1.20. The van der Waals surface area contributed by atoms with Gasteiger partial charge in [0.15, 0.2) is 6.23 Å². The SMILES string of the molecule is COCCN(C(=O)OCc1ccccc1)c1ccc(-c2nn(C3CC4(C3)CN(C(=O)O)C4)c(C)c2-c2c(Cl)c(C)cc3c2cnn3C2CCCCO2)c(F)c1. The zero-order valence-electron chi connectivity index (χ0n) is 31.1. The number of fused-ring (bicyclic) bond motifs is 1. The van der Waals surface area contributed by atoms with Gasteiger partial charge in [0, 0.05) is 60.0 Å². The number of amides is 2. The fourth-order valence-corrected chi connectivity index (χ4v) is 8.73. The number of nitrogens with zero attached hydrogens (tertiary/aromatic N) is 6. The third-order valence-electron chi connectivity index (χ3n) is 11.3. The van der Waals surface area contributed by atoms with Gasteiger partial charge >= 0.3 is 12.2 Å². The monoisotopic (exact) mass is 770 g/mol. The van der Waals surface area contributed by atoms with Crippen molar-refractivity contribution in [2.45, 2.75) is 64.8 Å². The second-order valence-corrected chi connectivity index (χ2v) is 15.4. The van der Waals surface area contributed by atoms with E-state index in [9.17, 15) is 14.7 Å². The summed E-state index contributed by atoms with van der Waals surface area (Å²) < 4.78 is 37.6. The van der Waals surface area contributed by atoms with Crippen LogP contribution in [-0.4, -0.2) is 81.7 Å². The van der Waals surface area contributed by atoms with Crippen LogP contribution in [-0.2, 0) is 20.8 Å². The first-order valence-corrected chi connectivity index (χ1v) is 19.1. The summed E-state index contributed by atoms with van der Waals surface area (Å²) in [6.45, 7) is 6.01. The fourth-order valence-electron chi connectivity index (χ4n) is 8.48. The summed E-state index contributed by atoms with van der Waals surface area (Å²) in [7, 11) is 1.54. The number of aromatic nitrogens is 4. The zero-order chi connectivity index (χ0) is 38.4. The van der Waals surface area contributed by atoms with E-state index in [-0.39, 0.29) is 43.0 Å². The summed E-state index contributed by atoms with van der Waals surface area (Å²) in [6.07, 6.45) is 4.47. The maximum atomic E-state index is 16.7. The second kappa shape index (κ2) is 14.9. The first kappa shape index (κ1) is 37.0. The molecule has 3 aromatic carbocycles. The van der Waals surface area contributed by atoms with Crippen LogP contribution in [0.3, 0.4) is 0 Å². The minimum absolute atomic E-state index is 0.00728. The van der Waals surface area contributed by atoms with E-state index in [1.54, 1.807) is 18.3 Å². The van der Waals surface area contributed by atoms with E-state index in [1.165, 1.54) is 23.0 Å². The van der Waals surface area contributed by atoms with Crippen molar-refractivity contribution in [2.24, 2.45) is 5.41 Å². The number of aryl methyl sites for hydroxylation is 1. The van der Waals surface area contributed by atoms with Crippen LogP contribution in [0.1, 0.15) is 61.2 Å². The summed E-state index contributed by atoms with van der Waals surface area (Å²) in [5, 5.41) is 20.7. The largest absolute Gasteiger partial charge is 0.465 e. The van der Waals surface area contributed by atoms with Gasteiger partial charge < -0.3 is 24.2 Å². The molecule has 5 aromatic rings. The number of hydrogen-bond donors (Lipinski definition) is 1. The molecule has 1 spiro atoms. The quantitative estimate of drug-likeness (QED) is 0.150. The lowest BCUT2D eigenvalue weighted by Crippen LogP contribution is -2.63. The molecule has 2 saturated heterocycles. The lowest BCUT2D eigenvalue weighted by molar-refractivity contribution is -0.0775. The Morgan fingerprint density at radius 3 is 2.55 bits per heavy atom. The Kier molecular flexibility index (Phi) is 10.0. The number of benzene rings is 3. The maximum absolute atomic E-state index is 16.7. The van der Waals surface area contributed by atoms with Gasteiger partial charge in [0.2, 0.25) is 0 Å². The van der Waals surface area contributed by atoms with Crippen LogP contribution in [0.25, 0.3) is 33.3 Å². The molecule has 1 unspecified atom stereocenters. The summed E-state index contributed by atoms with van der Waals surface area (Å²) in [5.41, 5.74) is 5.64. The van der Waals surface area contributed by atoms with Gasteiger partial charge in [-0.05, 0) is 81.3 Å². The maximum Gasteiger partial charge on any atom is 0.414 e. The highest BCUT2D eigenvalue weighted by Crippen LogP contribution is 2.55. The molecule has 0 bridgehead atoms. The number of methoxy groups -OCH3 is 1. The van der Waals surface area contributed by atoms with E-state index in [2.05, 4.69) is 0 Å². The van der Waals surface area contributed by atoms with Crippen LogP contribution in [0.2, 0.25) is 5.02 Å². The van der Waals surface area contributed by atoms with E-state index in [4.69, 9.17) is 36.0 Å². The number of anilines is 1. The standard InChI is InChI=1S/C41H44ClFN6O6/c1-25-17-33-31(21-44-49(33)34-11-7-8-15-54-34)36(37(25)42)35-26(2)48(29-19-41(20-29)23-46(24-41)39(50)51)45-38(35)30-13-12-28(18-32(30)43)47(14-16-53-3)40(52)55-22-27-9-5-4-6-10-27/h4-6,9-10,12-13,17-18,21,29,34H,7-8,11,14-16,19-20,22-24H2,1-3H3,(H,50,51). The molecule has 2 amide bonds. The third kappa shape index (κ3) is 6.82. The number of halogens is 2. The molecular weight excluding hydrogens is 727 g/mol. The minimum atomic E-state index is -0.907. The molecule has 1 aliphatic carbocycles. The Morgan fingerprint density at radius 2 is 1.85 bits per heavy atom. The number of hydrogen-bond acceptors (Lipinski definition) is 7. The van der Waals surface area contributed by atoms with Gasteiger partial charge in [-0.15, -0.1) is 0 Å². The molecule has 1 saturated carbocycles. The van der Waals surface area contributed by atoms with Crippen molar-refractivity contribution in [1.29, 1.82) is 0 Å². The van der Waals surface area contributed by atoms with Crippen LogP contribution in [0.15, 0.2) is 60.8 Å². The number of carbonyl (C=O) groups is 2. The average molecular weight is 771 g/mol. The smallest absolute Gasteiger partial charge is 0.414 e. The van der Waals surface area contributed by atoms with Crippen LogP contribution in [0.4, 0.5) is 19.7 Å². The first-order chi connectivity index (χ1) is 26.6. The van der Waals surface area contributed by atoms with Gasteiger partial charge in [-0.25, -0.2) is 18.7 Å². The molecule has 288 valence electrons. The highest BCUT2D eigenvalue weighted by molar-refractivity contribution is 6.36. The highest BCUT2D eigenvalue weighted by atomic mass is 35.5. The third-order valence-corrected chi connectivity index (χ3v) is 11.8. The molecular formula is C41H44ClFN6O6. The molecule has 4 heterocycles. The summed E-state index contributed by atoms with van der Waals surface area (Å²) in [5.74, 6) is -0.575. The number of carbonyl (C=O) groups excluding carboxylic acids is 1. The Labute approximate surface area is 323 Å². The van der Waals surface area contributed by atoms with Gasteiger partial charge in [0.1, 0.15) is 18.1 Å². The van der Waals surface area contributed by atoms with Crippen LogP contribution < -0.4 is 4.90 Å². The van der Waals surface area contributed by atoms with Crippen molar-refractivity contribution in [2.75, 3.05) is 44.9 Å². The summed E-state index contributed by atoms with van der Waals surface area (Å²) in [4.78, 5) is 27.7. The van der Waals surface area contributed by atoms with Crippen molar-refractivity contribution in [3.05, 3.63) is 88.5 Å². The first-order valence-electron chi connectivity index (χ1n) is 18.7. The molecule has 3 fully saturated rings. The fraction of sp³-hybridized carbons (Fsp3) is 0.415. The number of rotatable bonds is 10. The summed E-state index contributed by atoms with van der Waals surface area (Å²) in [6, 6.07) is 16.0. The molecule has 3 aliphatic rings. The molecule has 1 N–H and O–H groups in total. The van der Waals surface area contributed by atoms with E-state index >= 15 is 4.39 Å². The minimum Gasteiger partial charge on any atom is -0.465 e. The van der Waals surface area contributed by atoms with Crippen LogP contribution >= 0.6 is 11.6 Å². The highest BCUT2D eigenvalue weighted by Gasteiger charge is 2.55. The molecule has 8 rings (SSSR count). The lowest BCUT2D eigenvalue weighted by atomic mass is 9.61. The van der Waals surface area contributed by atoms with Gasteiger partial charge in [-0.2, -0.15) is 10.2 Å². The van der Waals surface area contributed by atoms with E-state index in [1.807, 2.05) is 59.6 Å². The molecule has 12 nitrogen and oxygen atoms in total. The number of carboxylic acid groups (broad SMARTS) is 1. The second-order valence-electron chi connectivity index (χ2n) is 15.0. The van der Waals surface area contributed by atoms with Crippen LogP contribution in [0, 0.1) is 25.1 Å². The van der Waals surface area contributed by atoms with Crippen molar-refractivity contribution in [3.63, 3.8) is 0 Å². The average Bonchev–Trinajstić information content (AvgIpc) is 3.71. The van der Waals surface area contributed by atoms with Gasteiger partial charge in [0.05, 0.1) is 41.6 Å². The molecule has 2 aromatic heterocycles. The normalized spacial score (nSPS) is 18.0. The number of likely N-dealkylation sites (tertiary alicyclic amines) is 1. The topological polar surface area (TPSA) is 124 Å². The van der Waals surface area contributed by atoms with E-state index in [0.717, 1.165) is 59.8 Å². The van der Waals surface area contributed by atoms with Gasteiger partial charge in [-0.1, -0.05) is 41.9 Å². The number of ether oxygens (including phenoxy) is 3.